The number of rotatable bonds is 2. The summed E-state index contributed by atoms with van der Waals surface area (Å²) in [5.74, 6) is -1.38. The van der Waals surface area contributed by atoms with E-state index >= 15 is 0 Å². The molecule has 0 amide bonds. The number of carbonyl (C=O) groups is 1. The van der Waals surface area contributed by atoms with Crippen molar-refractivity contribution in [3.05, 3.63) is 47.2 Å². The number of aromatic nitrogens is 3. The second-order valence-electron chi connectivity index (χ2n) is 5.78. The first kappa shape index (κ1) is 15.3. The van der Waals surface area contributed by atoms with Crippen LogP contribution < -0.4 is 5.32 Å². The van der Waals surface area contributed by atoms with Gasteiger partial charge in [-0.15, -0.1) is 5.10 Å². The minimum Gasteiger partial charge on any atom is -0.328 e. The van der Waals surface area contributed by atoms with Gasteiger partial charge in [-0.05, 0) is 30.4 Å². The summed E-state index contributed by atoms with van der Waals surface area (Å²) >= 11 is 1.36. The van der Waals surface area contributed by atoms with E-state index in [-0.39, 0.29) is 5.78 Å². The molecule has 1 N–H and O–H groups in total. The Morgan fingerprint density at radius 3 is 2.75 bits per heavy atom. The molecule has 124 valence electrons. The van der Waals surface area contributed by atoms with Gasteiger partial charge in [-0.1, -0.05) is 17.8 Å². The Labute approximate surface area is 141 Å². The standard InChI is InChI=1S/C16H14F2N4OS/c1-24-16-20-15-19-11-3-2-4-12(23)13(11)14(22(15)21-16)8-5-9(17)7-10(18)6-8/h3,5-7,13-14H,2,4H2,1H3,(H,19,20,21)/t13-,14-/m1/s1. The zero-order chi connectivity index (χ0) is 16.8. The number of allylic oxidation sites excluding steroid dienone is 2. The molecule has 0 fully saturated rings. The molecular weight excluding hydrogens is 334 g/mol. The predicted octanol–water partition coefficient (Wildman–Crippen LogP) is 3.16. The van der Waals surface area contributed by atoms with Crippen LogP contribution in [0.1, 0.15) is 24.4 Å². The van der Waals surface area contributed by atoms with Crippen LogP contribution in [0, 0.1) is 17.6 Å². The van der Waals surface area contributed by atoms with Crippen LogP contribution in [-0.2, 0) is 4.79 Å². The van der Waals surface area contributed by atoms with E-state index < -0.39 is 23.6 Å². The van der Waals surface area contributed by atoms with E-state index in [0.717, 1.165) is 11.8 Å². The molecule has 2 atom stereocenters. The summed E-state index contributed by atoms with van der Waals surface area (Å²) in [6, 6.07) is 2.71. The Morgan fingerprint density at radius 2 is 2.04 bits per heavy atom. The predicted molar refractivity (Wildman–Crippen MR) is 85.7 cm³/mol. The highest BCUT2D eigenvalue weighted by Gasteiger charge is 2.41. The maximum atomic E-state index is 13.7. The SMILES string of the molecule is CSc1nc2n(n1)[C@H](c1cc(F)cc(F)c1)[C@H]1C(=O)CCC=C1N2. The normalized spacial score (nSPS) is 22.5. The van der Waals surface area contributed by atoms with Crippen molar-refractivity contribution in [2.45, 2.75) is 24.0 Å². The van der Waals surface area contributed by atoms with Crippen LogP contribution in [0.5, 0.6) is 0 Å². The molecule has 2 aliphatic rings. The average molecular weight is 348 g/mol. The van der Waals surface area contributed by atoms with Crippen LogP contribution in [0.15, 0.2) is 35.1 Å². The van der Waals surface area contributed by atoms with Crippen molar-refractivity contribution >= 4 is 23.5 Å². The van der Waals surface area contributed by atoms with Crippen molar-refractivity contribution < 1.29 is 13.6 Å². The van der Waals surface area contributed by atoms with Crippen LogP contribution in [-0.4, -0.2) is 26.8 Å². The lowest BCUT2D eigenvalue weighted by Crippen LogP contribution is -2.38. The van der Waals surface area contributed by atoms with Gasteiger partial charge >= 0.3 is 0 Å². The summed E-state index contributed by atoms with van der Waals surface area (Å²) in [6.45, 7) is 0. The lowest BCUT2D eigenvalue weighted by atomic mass is 9.81. The molecular formula is C16H14F2N4OS. The largest absolute Gasteiger partial charge is 0.328 e. The highest BCUT2D eigenvalue weighted by atomic mass is 32.2. The van der Waals surface area contributed by atoms with Crippen molar-refractivity contribution in [1.29, 1.82) is 0 Å². The van der Waals surface area contributed by atoms with Gasteiger partial charge in [-0.3, -0.25) is 4.79 Å². The number of thioether (sulfide) groups is 1. The van der Waals surface area contributed by atoms with Crippen LogP contribution in [0.2, 0.25) is 0 Å². The number of hydrogen-bond acceptors (Lipinski definition) is 5. The number of nitrogens with zero attached hydrogens (tertiary/aromatic N) is 3. The minimum absolute atomic E-state index is 0.0292. The Balaban J connectivity index is 1.93. The first-order valence-corrected chi connectivity index (χ1v) is 8.75. The molecule has 0 spiro atoms. The van der Waals surface area contributed by atoms with Crippen molar-refractivity contribution in [2.24, 2.45) is 5.92 Å². The zero-order valence-electron chi connectivity index (χ0n) is 12.8. The molecule has 4 rings (SSSR count). The minimum atomic E-state index is -0.677. The van der Waals surface area contributed by atoms with Crippen LogP contribution in [0.3, 0.4) is 0 Å². The summed E-state index contributed by atoms with van der Waals surface area (Å²) in [6.07, 6.45) is 4.84. The molecule has 0 radical (unpaired) electrons. The number of hydrogen-bond donors (Lipinski definition) is 1. The molecule has 1 aromatic carbocycles. The Kier molecular flexibility index (Phi) is 3.64. The van der Waals surface area contributed by atoms with Gasteiger partial charge in [-0.2, -0.15) is 4.98 Å². The third-order valence-corrected chi connectivity index (χ3v) is 4.83. The fraction of sp³-hybridized carbons (Fsp3) is 0.312. The molecule has 5 nitrogen and oxygen atoms in total. The fourth-order valence-corrected chi connectivity index (χ4v) is 3.67. The number of anilines is 1. The number of carbonyl (C=O) groups excluding carboxylic acids is 1. The van der Waals surface area contributed by atoms with Crippen LogP contribution in [0.4, 0.5) is 14.7 Å². The second-order valence-corrected chi connectivity index (χ2v) is 6.55. The third-order valence-electron chi connectivity index (χ3n) is 4.29. The van der Waals surface area contributed by atoms with Gasteiger partial charge in [0.2, 0.25) is 11.1 Å². The maximum Gasteiger partial charge on any atom is 0.227 e. The molecule has 0 unspecified atom stereocenters. The van der Waals surface area contributed by atoms with E-state index in [0.29, 0.717) is 29.5 Å². The van der Waals surface area contributed by atoms with Crippen molar-refractivity contribution in [3.63, 3.8) is 0 Å². The number of nitrogens with one attached hydrogen (secondary N) is 1. The molecule has 1 aliphatic heterocycles. The maximum absolute atomic E-state index is 13.7. The number of fused-ring (bicyclic) bond motifs is 2. The van der Waals surface area contributed by atoms with Gasteiger partial charge in [0, 0.05) is 18.2 Å². The molecule has 0 saturated heterocycles. The third kappa shape index (κ3) is 2.41. The quantitative estimate of drug-likeness (QED) is 0.845. The summed E-state index contributed by atoms with van der Waals surface area (Å²) in [7, 11) is 0. The smallest absolute Gasteiger partial charge is 0.227 e. The van der Waals surface area contributed by atoms with Gasteiger partial charge in [0.05, 0.1) is 12.0 Å². The van der Waals surface area contributed by atoms with Gasteiger partial charge in [-0.25, -0.2) is 13.5 Å². The van der Waals surface area contributed by atoms with E-state index in [1.54, 1.807) is 4.68 Å². The van der Waals surface area contributed by atoms with Gasteiger partial charge in [0.25, 0.3) is 0 Å². The summed E-state index contributed by atoms with van der Waals surface area (Å²) < 4.78 is 29.1. The topological polar surface area (TPSA) is 59.8 Å². The number of ketones is 1. The van der Waals surface area contributed by atoms with Gasteiger partial charge in [0.1, 0.15) is 17.4 Å². The highest BCUT2D eigenvalue weighted by molar-refractivity contribution is 7.98. The fourth-order valence-electron chi connectivity index (χ4n) is 3.32. The van der Waals surface area contributed by atoms with E-state index in [4.69, 9.17) is 0 Å². The number of Topliss-reactive ketones (excluding diaryl/α,β-unsaturated/α-hetero) is 1. The first-order chi connectivity index (χ1) is 11.6. The van der Waals surface area contributed by atoms with Gasteiger partial charge < -0.3 is 5.32 Å². The Bertz CT molecular complexity index is 844. The molecule has 24 heavy (non-hydrogen) atoms. The van der Waals surface area contributed by atoms with E-state index in [1.807, 2.05) is 12.3 Å². The van der Waals surface area contributed by atoms with Crippen LogP contribution in [0.25, 0.3) is 0 Å². The summed E-state index contributed by atoms with van der Waals surface area (Å²) in [5, 5.41) is 8.07. The molecule has 0 bridgehead atoms. The van der Waals surface area contributed by atoms with Crippen LogP contribution >= 0.6 is 11.8 Å². The average Bonchev–Trinajstić information content (AvgIpc) is 2.94. The van der Waals surface area contributed by atoms with Crippen molar-refractivity contribution in [1.82, 2.24) is 14.8 Å². The van der Waals surface area contributed by atoms with E-state index in [9.17, 15) is 13.6 Å². The van der Waals surface area contributed by atoms with E-state index in [2.05, 4.69) is 15.4 Å². The number of benzene rings is 1. The Hall–Kier alpha value is -2.22. The first-order valence-electron chi connectivity index (χ1n) is 7.53. The molecule has 8 heteroatoms. The molecule has 1 aliphatic carbocycles. The molecule has 2 heterocycles. The molecule has 2 aromatic rings. The zero-order valence-corrected chi connectivity index (χ0v) is 13.6. The van der Waals surface area contributed by atoms with Crippen molar-refractivity contribution in [3.8, 4) is 0 Å². The monoisotopic (exact) mass is 348 g/mol. The van der Waals surface area contributed by atoms with Crippen molar-refractivity contribution in [2.75, 3.05) is 11.6 Å². The highest BCUT2D eigenvalue weighted by Crippen LogP contribution is 2.42. The van der Waals surface area contributed by atoms with E-state index in [1.165, 1.54) is 23.9 Å². The summed E-state index contributed by atoms with van der Waals surface area (Å²) in [5.41, 5.74) is 1.10. The second kappa shape index (κ2) is 5.70. The molecule has 1 aromatic heterocycles. The van der Waals surface area contributed by atoms with Gasteiger partial charge in [0.15, 0.2) is 0 Å². The Morgan fingerprint density at radius 1 is 1.29 bits per heavy atom. The number of halogens is 2. The lowest BCUT2D eigenvalue weighted by molar-refractivity contribution is -0.123. The molecule has 0 saturated carbocycles. The lowest BCUT2D eigenvalue weighted by Gasteiger charge is -2.36. The summed E-state index contributed by atoms with van der Waals surface area (Å²) in [4.78, 5) is 16.9.